The minimum Gasteiger partial charge on any atom is -0.405 e. The quantitative estimate of drug-likeness (QED) is 0.224. The topological polar surface area (TPSA) is 194 Å². The molecule has 15 heteroatoms. The Kier molecular flexibility index (Phi) is 13.7. The third-order valence-corrected chi connectivity index (χ3v) is 9.24. The number of carbonyl (C=O) groups excluding carboxylic acids is 4. The van der Waals surface area contributed by atoms with Gasteiger partial charge in [0.25, 0.3) is 34.7 Å². The zero-order valence-electron chi connectivity index (χ0n) is 29.5. The fourth-order valence-corrected chi connectivity index (χ4v) is 6.30. The first-order valence-electron chi connectivity index (χ1n) is 18.0. The van der Waals surface area contributed by atoms with E-state index in [4.69, 9.17) is 4.84 Å². The van der Waals surface area contributed by atoms with E-state index in [2.05, 4.69) is 31.9 Å². The monoisotopic (exact) mass is 716 g/mol. The maximum atomic E-state index is 13.7. The first-order chi connectivity index (χ1) is 25.2. The summed E-state index contributed by atoms with van der Waals surface area (Å²) >= 11 is 0. The molecule has 0 saturated heterocycles. The van der Waals surface area contributed by atoms with Crippen LogP contribution in [0.5, 0.6) is 0 Å². The van der Waals surface area contributed by atoms with Crippen molar-refractivity contribution >= 4 is 23.6 Å². The number of pyridine rings is 2. The molecule has 3 aliphatic heterocycles. The van der Waals surface area contributed by atoms with Crippen molar-refractivity contribution < 1.29 is 24.0 Å². The molecule has 1 fully saturated rings. The SMILES string of the molecule is Cn1c2ccc(c1=O)C(=O)N[C@@H]1CCC[C@@H]1NC(=O)c1ccc(n(OCc3ccccc3)c1=O)C(=O)NCCCNCCCCNCCCNC2=O. The largest absolute Gasteiger partial charge is 0.405 e. The second-order valence-corrected chi connectivity index (χ2v) is 13.0. The van der Waals surface area contributed by atoms with Gasteiger partial charge in [0.15, 0.2) is 0 Å². The lowest BCUT2D eigenvalue weighted by atomic mass is 10.1. The van der Waals surface area contributed by atoms with Gasteiger partial charge in [-0.05, 0) is 101 Å². The van der Waals surface area contributed by atoms with Crippen molar-refractivity contribution in [3.8, 4) is 0 Å². The highest BCUT2D eigenvalue weighted by molar-refractivity contribution is 5.98. The summed E-state index contributed by atoms with van der Waals surface area (Å²) in [5.74, 6) is -2.24. The van der Waals surface area contributed by atoms with Crippen LogP contribution in [0.3, 0.4) is 0 Å². The number of carbonyl (C=O) groups is 4. The van der Waals surface area contributed by atoms with Gasteiger partial charge in [-0.2, -0.15) is 0 Å². The van der Waals surface area contributed by atoms with Crippen molar-refractivity contribution in [2.45, 2.75) is 63.6 Å². The number of benzene rings is 1. The number of hydrogen-bond acceptors (Lipinski definition) is 9. The average Bonchev–Trinajstić information content (AvgIpc) is 3.57. The van der Waals surface area contributed by atoms with Gasteiger partial charge in [0.2, 0.25) is 0 Å². The second kappa shape index (κ2) is 18.8. The zero-order chi connectivity index (χ0) is 36.9. The number of hydrogen-bond donors (Lipinski definition) is 6. The van der Waals surface area contributed by atoms with Crippen LogP contribution in [0, 0.1) is 0 Å². The van der Waals surface area contributed by atoms with E-state index in [-0.39, 0.29) is 29.1 Å². The molecule has 52 heavy (non-hydrogen) atoms. The smallest absolute Gasteiger partial charge is 0.296 e. The number of nitrogens with zero attached hydrogens (tertiary/aromatic N) is 2. The Labute approximate surface area is 301 Å². The van der Waals surface area contributed by atoms with Gasteiger partial charge < -0.3 is 41.3 Å². The molecule has 6 N–H and O–H groups in total. The van der Waals surface area contributed by atoms with E-state index >= 15 is 0 Å². The number of nitrogens with one attached hydrogen (secondary N) is 6. The average molecular weight is 717 g/mol. The van der Waals surface area contributed by atoms with Gasteiger partial charge in [0.05, 0.1) is 0 Å². The molecule has 4 amide bonds. The molecule has 0 radical (unpaired) electrons. The van der Waals surface area contributed by atoms with Crippen LogP contribution in [0.1, 0.15) is 92.2 Å². The Hall–Kier alpha value is -5.28. The Morgan fingerprint density at radius 2 is 1.10 bits per heavy atom. The van der Waals surface area contributed by atoms with Crippen LogP contribution in [-0.2, 0) is 13.7 Å². The van der Waals surface area contributed by atoms with Crippen molar-refractivity contribution in [1.29, 1.82) is 0 Å². The fraction of sp³-hybridized carbons (Fsp3) is 0.459. The minimum absolute atomic E-state index is 0.0205. The first-order valence-corrected chi connectivity index (χ1v) is 18.0. The highest BCUT2D eigenvalue weighted by Gasteiger charge is 2.32. The zero-order valence-corrected chi connectivity index (χ0v) is 29.5. The molecule has 4 bridgehead atoms. The molecule has 1 aliphatic carbocycles. The molecule has 7 rings (SSSR count). The Bertz CT molecular complexity index is 1840. The van der Waals surface area contributed by atoms with E-state index in [1.807, 2.05) is 30.3 Å². The normalized spacial score (nSPS) is 20.2. The van der Waals surface area contributed by atoms with Crippen LogP contribution >= 0.6 is 0 Å². The van der Waals surface area contributed by atoms with Gasteiger partial charge in [-0.3, -0.25) is 28.8 Å². The summed E-state index contributed by atoms with van der Waals surface area (Å²) in [7, 11) is 1.44. The van der Waals surface area contributed by atoms with Crippen LogP contribution in [0.25, 0.3) is 0 Å². The summed E-state index contributed by atoms with van der Waals surface area (Å²) < 4.78 is 2.01. The molecule has 1 aromatic carbocycles. The van der Waals surface area contributed by atoms with Gasteiger partial charge >= 0.3 is 0 Å². The van der Waals surface area contributed by atoms with E-state index in [1.165, 1.54) is 31.3 Å². The van der Waals surface area contributed by atoms with Gasteiger partial charge in [-0.1, -0.05) is 30.3 Å². The summed E-state index contributed by atoms with van der Waals surface area (Å²) in [5.41, 5.74) is -0.949. The summed E-state index contributed by atoms with van der Waals surface area (Å²) in [5, 5.41) is 18.1. The van der Waals surface area contributed by atoms with Gasteiger partial charge in [-0.15, -0.1) is 4.73 Å². The minimum atomic E-state index is -0.803. The maximum absolute atomic E-state index is 13.7. The molecular formula is C37H48N8O7. The predicted octanol–water partition coefficient (Wildman–Crippen LogP) is 0.470. The molecular weight excluding hydrogens is 668 g/mol. The van der Waals surface area contributed by atoms with E-state index in [0.29, 0.717) is 51.7 Å². The van der Waals surface area contributed by atoms with Crippen LogP contribution in [0.15, 0.2) is 64.2 Å². The summed E-state index contributed by atoms with van der Waals surface area (Å²) in [6.07, 6.45) is 5.05. The molecule has 278 valence electrons. The maximum Gasteiger partial charge on any atom is 0.296 e. The van der Waals surface area contributed by atoms with Crippen LogP contribution in [-0.4, -0.2) is 84.3 Å². The number of rotatable bonds is 3. The number of amides is 4. The van der Waals surface area contributed by atoms with Gasteiger partial charge in [0, 0.05) is 32.2 Å². The summed E-state index contributed by atoms with van der Waals surface area (Å²) in [6, 6.07) is 13.5. The van der Waals surface area contributed by atoms with Crippen molar-refractivity contribution in [1.82, 2.24) is 41.2 Å². The molecule has 1 saturated carbocycles. The van der Waals surface area contributed by atoms with Crippen molar-refractivity contribution in [2.24, 2.45) is 7.05 Å². The standard InChI is InChI=1S/C37H48N8O7/c1-44-30-16-14-26(36(44)50)32(46)42-28-12-7-13-29(28)43-33(47)27-15-17-31(45(37(27)51)52-24-25-10-3-2-4-11-25)35(49)41-23-9-21-39-19-6-5-18-38-20-8-22-40-34(30)48/h2-4,10-11,14-17,28-29,38-39H,5-9,12-13,18-24H2,1H3,(H,40,48)(H,41,49)(H,42,46)(H,43,47)/t28-,29+/m1/s1. The van der Waals surface area contributed by atoms with E-state index in [1.54, 1.807) is 0 Å². The molecule has 4 aliphatic rings. The molecule has 5 heterocycles. The third kappa shape index (κ3) is 9.94. The molecule has 0 spiro atoms. The van der Waals surface area contributed by atoms with Crippen molar-refractivity contribution in [3.05, 3.63) is 103 Å². The lowest BCUT2D eigenvalue weighted by Gasteiger charge is -2.22. The van der Waals surface area contributed by atoms with Crippen LogP contribution in [0.4, 0.5) is 0 Å². The second-order valence-electron chi connectivity index (χ2n) is 13.0. The first kappa shape index (κ1) is 38.0. The number of aromatic nitrogens is 2. The Morgan fingerprint density at radius 1 is 0.577 bits per heavy atom. The Morgan fingerprint density at radius 3 is 1.69 bits per heavy atom. The van der Waals surface area contributed by atoms with Crippen LogP contribution in [0.2, 0.25) is 0 Å². The Balaban J connectivity index is 1.35. The predicted molar refractivity (Wildman–Crippen MR) is 194 cm³/mol. The fourth-order valence-electron chi connectivity index (χ4n) is 6.30. The molecule has 0 unspecified atom stereocenters. The molecule has 3 aromatic rings. The van der Waals surface area contributed by atoms with Gasteiger partial charge in [-0.25, -0.2) is 0 Å². The highest BCUT2D eigenvalue weighted by atomic mass is 16.7. The van der Waals surface area contributed by atoms with E-state index in [0.717, 1.165) is 47.3 Å². The van der Waals surface area contributed by atoms with E-state index in [9.17, 15) is 28.8 Å². The van der Waals surface area contributed by atoms with Crippen molar-refractivity contribution in [2.75, 3.05) is 39.3 Å². The van der Waals surface area contributed by atoms with Crippen LogP contribution < -0.4 is 47.9 Å². The molecule has 2 atom stereocenters. The molecule has 2 aromatic heterocycles. The summed E-state index contributed by atoms with van der Waals surface area (Å²) in [4.78, 5) is 85.7. The van der Waals surface area contributed by atoms with Gasteiger partial charge in [0.1, 0.15) is 29.1 Å². The lowest BCUT2D eigenvalue weighted by molar-refractivity contribution is 0.0695. The van der Waals surface area contributed by atoms with E-state index < -0.39 is 46.8 Å². The highest BCUT2D eigenvalue weighted by Crippen LogP contribution is 2.20. The van der Waals surface area contributed by atoms with Crippen molar-refractivity contribution in [3.63, 3.8) is 0 Å². The molecule has 15 nitrogen and oxygen atoms in total. The lowest BCUT2D eigenvalue weighted by Crippen LogP contribution is -2.50. The third-order valence-electron chi connectivity index (χ3n) is 9.24. The summed E-state index contributed by atoms with van der Waals surface area (Å²) in [6.45, 7) is 3.84. The number of fused-ring (bicyclic) bond motifs is 2.